The number of hydrogen-bond acceptors (Lipinski definition) is 5. The molecule has 29 heavy (non-hydrogen) atoms. The van der Waals surface area contributed by atoms with Crippen LogP contribution in [-0.4, -0.2) is 8.42 Å². The number of nitriles is 1. The van der Waals surface area contributed by atoms with Crippen molar-refractivity contribution in [2.75, 3.05) is 5.32 Å². The molecule has 0 radical (unpaired) electrons. The summed E-state index contributed by atoms with van der Waals surface area (Å²) in [7, 11) is -3.98. The number of hydrogen-bond donors (Lipinski definition) is 1. The van der Waals surface area contributed by atoms with Gasteiger partial charge in [-0.05, 0) is 35.9 Å². The number of thioether (sulfide) groups is 1. The summed E-state index contributed by atoms with van der Waals surface area (Å²) in [5.74, 6) is 0.407. The third-order valence-electron chi connectivity index (χ3n) is 3.99. The smallest absolute Gasteiger partial charge is 0.219 e. The molecule has 7 heteroatoms. The molecule has 0 fully saturated rings. The van der Waals surface area contributed by atoms with Gasteiger partial charge >= 0.3 is 0 Å². The lowest BCUT2D eigenvalue weighted by atomic mass is 10.2. The molecular weight excluding hydrogens is 424 g/mol. The predicted molar refractivity (Wildman–Crippen MR) is 119 cm³/mol. The van der Waals surface area contributed by atoms with Gasteiger partial charge in [0, 0.05) is 16.5 Å². The van der Waals surface area contributed by atoms with E-state index in [4.69, 9.17) is 11.6 Å². The molecule has 0 aliphatic carbocycles. The van der Waals surface area contributed by atoms with E-state index < -0.39 is 9.84 Å². The van der Waals surface area contributed by atoms with Crippen LogP contribution in [0.5, 0.6) is 0 Å². The van der Waals surface area contributed by atoms with Gasteiger partial charge in [0.1, 0.15) is 11.1 Å². The van der Waals surface area contributed by atoms with E-state index >= 15 is 0 Å². The molecule has 146 valence electrons. The minimum Gasteiger partial charge on any atom is -0.349 e. The number of anilines is 1. The zero-order chi connectivity index (χ0) is 20.7. The van der Waals surface area contributed by atoms with Crippen molar-refractivity contribution >= 4 is 38.9 Å². The highest BCUT2D eigenvalue weighted by atomic mass is 35.5. The Kier molecular flexibility index (Phi) is 6.99. The first kappa shape index (κ1) is 21.0. The average molecular weight is 441 g/mol. The molecule has 0 aliphatic rings. The molecule has 0 spiro atoms. The first-order valence-corrected chi connectivity index (χ1v) is 11.5. The molecule has 0 amide bonds. The molecular formula is C22H17ClN2O2S2. The van der Waals surface area contributed by atoms with Gasteiger partial charge in [-0.3, -0.25) is 0 Å². The maximum Gasteiger partial charge on any atom is 0.219 e. The predicted octanol–water partition coefficient (Wildman–Crippen LogP) is 5.85. The minimum atomic E-state index is -3.98. The summed E-state index contributed by atoms with van der Waals surface area (Å²) in [6.45, 7) is 0. The molecule has 1 N–H and O–H groups in total. The highest BCUT2D eigenvalue weighted by molar-refractivity contribution is 8.04. The quantitative estimate of drug-likeness (QED) is 0.466. The molecule has 0 aromatic heterocycles. The van der Waals surface area contributed by atoms with E-state index in [0.717, 1.165) is 5.56 Å². The van der Waals surface area contributed by atoms with Crippen LogP contribution in [0.15, 0.2) is 99.8 Å². The van der Waals surface area contributed by atoms with Gasteiger partial charge in [-0.1, -0.05) is 66.2 Å². The van der Waals surface area contributed by atoms with Crippen molar-refractivity contribution in [3.63, 3.8) is 0 Å². The number of benzene rings is 3. The van der Waals surface area contributed by atoms with Gasteiger partial charge in [-0.15, -0.1) is 11.8 Å². The number of nitrogens with one attached hydrogen (secondary N) is 1. The van der Waals surface area contributed by atoms with Crippen LogP contribution in [0.2, 0.25) is 5.02 Å². The van der Waals surface area contributed by atoms with Crippen LogP contribution in [0.25, 0.3) is 0 Å². The number of halogens is 1. The fourth-order valence-corrected chi connectivity index (χ4v) is 5.40. The van der Waals surface area contributed by atoms with E-state index in [1.807, 2.05) is 42.5 Å². The first-order chi connectivity index (χ1) is 14.0. The van der Waals surface area contributed by atoms with Crippen LogP contribution in [0.4, 0.5) is 5.69 Å². The molecule has 0 heterocycles. The average Bonchev–Trinajstić information content (AvgIpc) is 2.74. The van der Waals surface area contributed by atoms with E-state index in [0.29, 0.717) is 16.5 Å². The largest absolute Gasteiger partial charge is 0.349 e. The van der Waals surface area contributed by atoms with Crippen LogP contribution in [-0.2, 0) is 15.6 Å². The Morgan fingerprint density at radius 1 is 0.931 bits per heavy atom. The zero-order valence-corrected chi connectivity index (χ0v) is 17.6. The Bertz CT molecular complexity index is 1160. The summed E-state index contributed by atoms with van der Waals surface area (Å²) in [5.41, 5.74) is 1.53. The standard InChI is InChI=1S/C22H17ClN2O2S2/c23-20-14-8-7-9-17(20)16-28-22(25-18-10-3-1-4-11-18)21(15-24)29(26,27)19-12-5-2-6-13-19/h1-14,25H,16H2. The lowest BCUT2D eigenvalue weighted by Crippen LogP contribution is -2.10. The molecule has 0 unspecified atom stereocenters. The fourth-order valence-electron chi connectivity index (χ4n) is 2.53. The van der Waals surface area contributed by atoms with Crippen molar-refractivity contribution in [2.24, 2.45) is 0 Å². The number of para-hydroxylation sites is 1. The molecule has 0 saturated heterocycles. The monoisotopic (exact) mass is 440 g/mol. The van der Waals surface area contributed by atoms with Crippen molar-refractivity contribution in [3.05, 3.63) is 105 Å². The van der Waals surface area contributed by atoms with Gasteiger partial charge in [-0.25, -0.2) is 8.42 Å². The van der Waals surface area contributed by atoms with E-state index in [1.165, 1.54) is 23.9 Å². The van der Waals surface area contributed by atoms with Gasteiger partial charge in [0.25, 0.3) is 0 Å². The van der Waals surface area contributed by atoms with Crippen molar-refractivity contribution in [1.82, 2.24) is 0 Å². The van der Waals surface area contributed by atoms with Crippen LogP contribution in [0.3, 0.4) is 0 Å². The van der Waals surface area contributed by atoms with Crippen LogP contribution in [0, 0.1) is 11.3 Å². The van der Waals surface area contributed by atoms with E-state index in [1.54, 1.807) is 36.4 Å². The van der Waals surface area contributed by atoms with Crippen molar-refractivity contribution in [3.8, 4) is 6.07 Å². The Hall–Kier alpha value is -2.72. The summed E-state index contributed by atoms with van der Waals surface area (Å²) in [5, 5.41) is 13.7. The van der Waals surface area contributed by atoms with Crippen LogP contribution < -0.4 is 5.32 Å². The van der Waals surface area contributed by atoms with Gasteiger partial charge in [0.15, 0.2) is 4.91 Å². The second kappa shape index (κ2) is 9.66. The second-order valence-electron chi connectivity index (χ2n) is 5.96. The van der Waals surface area contributed by atoms with Crippen molar-refractivity contribution in [1.29, 1.82) is 5.26 Å². The summed E-state index contributed by atoms with van der Waals surface area (Å²) in [6, 6.07) is 26.3. The molecule has 0 aliphatic heterocycles. The Labute approximate surface area is 179 Å². The lowest BCUT2D eigenvalue weighted by Gasteiger charge is -2.14. The summed E-state index contributed by atoms with van der Waals surface area (Å²) < 4.78 is 26.2. The van der Waals surface area contributed by atoms with E-state index in [2.05, 4.69) is 5.32 Å². The second-order valence-corrected chi connectivity index (χ2v) is 9.24. The normalized spacial score (nSPS) is 12.0. The minimum absolute atomic E-state index is 0.0715. The topological polar surface area (TPSA) is 70.0 Å². The molecule has 0 atom stereocenters. The van der Waals surface area contributed by atoms with Crippen molar-refractivity contribution in [2.45, 2.75) is 10.6 Å². The number of rotatable bonds is 7. The SMILES string of the molecule is N#CC(=C(Nc1ccccc1)SCc1ccccc1Cl)S(=O)(=O)c1ccccc1. The molecule has 3 aromatic rings. The van der Waals surface area contributed by atoms with E-state index in [-0.39, 0.29) is 14.8 Å². The lowest BCUT2D eigenvalue weighted by molar-refractivity contribution is 0.603. The van der Waals surface area contributed by atoms with Crippen molar-refractivity contribution < 1.29 is 8.42 Å². The van der Waals surface area contributed by atoms with Crippen LogP contribution >= 0.6 is 23.4 Å². The molecule has 3 rings (SSSR count). The number of sulfone groups is 1. The Balaban J connectivity index is 2.04. The highest BCUT2D eigenvalue weighted by Gasteiger charge is 2.25. The first-order valence-electron chi connectivity index (χ1n) is 8.65. The van der Waals surface area contributed by atoms with Gasteiger partial charge < -0.3 is 5.32 Å². The van der Waals surface area contributed by atoms with Gasteiger partial charge in [0.05, 0.1) is 4.90 Å². The Morgan fingerprint density at radius 3 is 2.14 bits per heavy atom. The zero-order valence-electron chi connectivity index (χ0n) is 15.2. The van der Waals surface area contributed by atoms with Crippen LogP contribution in [0.1, 0.15) is 5.56 Å². The fraction of sp³-hybridized carbons (Fsp3) is 0.0455. The molecule has 3 aromatic carbocycles. The third-order valence-corrected chi connectivity index (χ3v) is 7.27. The summed E-state index contributed by atoms with van der Waals surface area (Å²) in [4.78, 5) is -0.258. The molecule has 4 nitrogen and oxygen atoms in total. The Morgan fingerprint density at radius 2 is 1.52 bits per heavy atom. The number of nitrogens with zero attached hydrogens (tertiary/aromatic N) is 1. The van der Waals surface area contributed by atoms with E-state index in [9.17, 15) is 13.7 Å². The van der Waals surface area contributed by atoms with Gasteiger partial charge in [-0.2, -0.15) is 5.26 Å². The van der Waals surface area contributed by atoms with Gasteiger partial charge in [0.2, 0.25) is 9.84 Å². The third kappa shape index (κ3) is 5.21. The molecule has 0 bridgehead atoms. The molecule has 0 saturated carbocycles. The summed E-state index contributed by atoms with van der Waals surface area (Å²) in [6.07, 6.45) is 0. The maximum atomic E-state index is 13.1. The highest BCUT2D eigenvalue weighted by Crippen LogP contribution is 2.32. The maximum absolute atomic E-state index is 13.1. The summed E-state index contributed by atoms with van der Waals surface area (Å²) >= 11 is 7.45. The number of allylic oxidation sites excluding steroid dienone is 1.